The van der Waals surface area contributed by atoms with Crippen molar-refractivity contribution in [3.05, 3.63) is 70.8 Å². The maximum atomic E-state index is 5.92. The van der Waals surface area contributed by atoms with Crippen LogP contribution < -0.4 is 0 Å². The van der Waals surface area contributed by atoms with Gasteiger partial charge in [-0.25, -0.2) is 4.98 Å². The molecule has 0 unspecified atom stereocenters. The second-order valence-electron chi connectivity index (χ2n) is 6.52. The van der Waals surface area contributed by atoms with Gasteiger partial charge < -0.3 is 9.13 Å². The summed E-state index contributed by atoms with van der Waals surface area (Å²) in [6.45, 7) is 10.5. The van der Waals surface area contributed by atoms with Crippen LogP contribution in [0.4, 0.5) is 0 Å². The quantitative estimate of drug-likeness (QED) is 0.565. The largest absolute Gasteiger partial charge is 0.303 e. The fourth-order valence-electron chi connectivity index (χ4n) is 3.25. The van der Waals surface area contributed by atoms with Crippen LogP contribution in [0.1, 0.15) is 35.3 Å². The molecule has 0 amide bonds. The molecule has 0 atom stereocenters. The van der Waals surface area contributed by atoms with Gasteiger partial charge in [0, 0.05) is 28.7 Å². The molecule has 0 aromatic carbocycles. The maximum absolute atomic E-state index is 5.92. The monoisotopic (exact) mass is 353 g/mol. The van der Waals surface area contributed by atoms with E-state index < -0.39 is 0 Å². The first-order chi connectivity index (χ1) is 11.9. The smallest absolute Gasteiger partial charge is 0.140 e. The van der Waals surface area contributed by atoms with E-state index >= 15 is 0 Å². The zero-order chi connectivity index (χ0) is 18.1. The SMILES string of the molecule is C/C(=C/CCl)c1cc(-n2c(C)ccc2C)nc(-n2c(C)ccc2C)c1. The Bertz CT molecular complexity index is 841. The van der Waals surface area contributed by atoms with Gasteiger partial charge in [-0.2, -0.15) is 0 Å². The van der Waals surface area contributed by atoms with Gasteiger partial charge in [0.05, 0.1) is 0 Å². The summed E-state index contributed by atoms with van der Waals surface area (Å²) in [4.78, 5) is 4.97. The Hall–Kier alpha value is -2.26. The Morgan fingerprint density at radius 3 is 1.64 bits per heavy atom. The number of hydrogen-bond acceptors (Lipinski definition) is 1. The molecule has 3 heterocycles. The van der Waals surface area contributed by atoms with E-state index in [9.17, 15) is 0 Å². The number of pyridine rings is 1. The van der Waals surface area contributed by atoms with Crippen molar-refractivity contribution in [1.29, 1.82) is 0 Å². The van der Waals surface area contributed by atoms with Crippen molar-refractivity contribution in [2.75, 3.05) is 5.88 Å². The third-order valence-corrected chi connectivity index (χ3v) is 4.79. The zero-order valence-corrected chi connectivity index (χ0v) is 16.2. The molecule has 0 saturated heterocycles. The van der Waals surface area contributed by atoms with Crippen LogP contribution in [0, 0.1) is 27.7 Å². The number of rotatable bonds is 4. The van der Waals surface area contributed by atoms with E-state index in [1.807, 2.05) is 6.08 Å². The average Bonchev–Trinajstić information content (AvgIpc) is 3.09. The van der Waals surface area contributed by atoms with E-state index in [1.165, 1.54) is 22.8 Å². The second-order valence-corrected chi connectivity index (χ2v) is 6.83. The Morgan fingerprint density at radius 1 is 0.880 bits per heavy atom. The molecular formula is C21H24ClN3. The molecular weight excluding hydrogens is 330 g/mol. The van der Waals surface area contributed by atoms with Gasteiger partial charge in [0.2, 0.25) is 0 Å². The van der Waals surface area contributed by atoms with Crippen molar-refractivity contribution in [3.8, 4) is 11.6 Å². The van der Waals surface area contributed by atoms with Gasteiger partial charge in [0.25, 0.3) is 0 Å². The van der Waals surface area contributed by atoms with Crippen molar-refractivity contribution in [2.45, 2.75) is 34.6 Å². The van der Waals surface area contributed by atoms with Crippen LogP contribution in [0.25, 0.3) is 17.2 Å². The molecule has 0 radical (unpaired) electrons. The highest BCUT2D eigenvalue weighted by Crippen LogP contribution is 2.24. The molecule has 0 aliphatic carbocycles. The summed E-state index contributed by atoms with van der Waals surface area (Å²) in [6, 6.07) is 12.8. The molecule has 3 aromatic rings. The van der Waals surface area contributed by atoms with Crippen LogP contribution in [0.3, 0.4) is 0 Å². The summed E-state index contributed by atoms with van der Waals surface area (Å²) in [5, 5.41) is 0. The first-order valence-electron chi connectivity index (χ1n) is 8.48. The van der Waals surface area contributed by atoms with Crippen LogP contribution in [0.2, 0.25) is 0 Å². The summed E-state index contributed by atoms with van der Waals surface area (Å²) in [5.74, 6) is 2.37. The topological polar surface area (TPSA) is 22.8 Å². The fourth-order valence-corrected chi connectivity index (χ4v) is 3.48. The van der Waals surface area contributed by atoms with E-state index in [-0.39, 0.29) is 0 Å². The first kappa shape index (κ1) is 17.6. The lowest BCUT2D eigenvalue weighted by atomic mass is 10.1. The second kappa shape index (κ2) is 6.93. The summed E-state index contributed by atoms with van der Waals surface area (Å²) in [6.07, 6.45) is 2.04. The number of allylic oxidation sites excluding steroid dienone is 2. The van der Waals surface area contributed by atoms with Gasteiger partial charge in [0.15, 0.2) is 0 Å². The Labute approximate surface area is 154 Å². The fraction of sp³-hybridized carbons (Fsp3) is 0.286. The van der Waals surface area contributed by atoms with Crippen LogP contribution in [0.5, 0.6) is 0 Å². The summed E-state index contributed by atoms with van der Waals surface area (Å²) < 4.78 is 4.38. The molecule has 0 N–H and O–H groups in total. The zero-order valence-electron chi connectivity index (χ0n) is 15.5. The minimum Gasteiger partial charge on any atom is -0.303 e. The predicted octanol–water partition coefficient (Wildman–Crippen LogP) is 5.54. The van der Waals surface area contributed by atoms with Crippen molar-refractivity contribution in [1.82, 2.24) is 14.1 Å². The van der Waals surface area contributed by atoms with Crippen molar-refractivity contribution in [2.24, 2.45) is 0 Å². The molecule has 25 heavy (non-hydrogen) atoms. The lowest BCUT2D eigenvalue weighted by Crippen LogP contribution is -2.08. The van der Waals surface area contributed by atoms with Crippen molar-refractivity contribution in [3.63, 3.8) is 0 Å². The highest BCUT2D eigenvalue weighted by Gasteiger charge is 2.13. The number of halogens is 1. The molecule has 0 fully saturated rings. The lowest BCUT2D eigenvalue weighted by molar-refractivity contribution is 0.872. The molecule has 0 aliphatic heterocycles. The van der Waals surface area contributed by atoms with Crippen LogP contribution in [-0.2, 0) is 0 Å². The van der Waals surface area contributed by atoms with E-state index in [1.54, 1.807) is 0 Å². The van der Waals surface area contributed by atoms with Gasteiger partial charge in [-0.15, -0.1) is 11.6 Å². The summed E-state index contributed by atoms with van der Waals surface area (Å²) >= 11 is 5.92. The number of alkyl halides is 1. The molecule has 130 valence electrons. The molecule has 3 nitrogen and oxygen atoms in total. The molecule has 3 rings (SSSR count). The van der Waals surface area contributed by atoms with Crippen LogP contribution in [0.15, 0.2) is 42.5 Å². The Morgan fingerprint density at radius 2 is 1.28 bits per heavy atom. The standard InChI is InChI=1S/C21H24ClN3/c1-14(10-11-22)19-12-20(24-15(2)6-7-16(24)3)23-21(13-19)25-17(4)8-9-18(25)5/h6-10,12-13H,11H2,1-5H3/b14-10-. The molecule has 0 saturated carbocycles. The number of aryl methyl sites for hydroxylation is 4. The van der Waals surface area contributed by atoms with Gasteiger partial charge in [-0.05, 0) is 82.2 Å². The summed E-state index contributed by atoms with van der Waals surface area (Å²) in [5.41, 5.74) is 6.99. The maximum Gasteiger partial charge on any atom is 0.140 e. The van der Waals surface area contributed by atoms with Gasteiger partial charge in [-0.1, -0.05) is 6.08 Å². The van der Waals surface area contributed by atoms with Gasteiger partial charge in [0.1, 0.15) is 11.6 Å². The van der Waals surface area contributed by atoms with E-state index in [0.717, 1.165) is 22.8 Å². The molecule has 0 bridgehead atoms. The third-order valence-electron chi connectivity index (χ3n) is 4.64. The van der Waals surface area contributed by atoms with Gasteiger partial charge in [-0.3, -0.25) is 0 Å². The highest BCUT2D eigenvalue weighted by molar-refractivity contribution is 6.19. The van der Waals surface area contributed by atoms with E-state index in [2.05, 4.69) is 80.2 Å². The number of nitrogens with zero attached hydrogens (tertiary/aromatic N) is 3. The molecule has 4 heteroatoms. The number of hydrogen-bond donors (Lipinski definition) is 0. The Kier molecular flexibility index (Phi) is 4.87. The third kappa shape index (κ3) is 3.29. The van der Waals surface area contributed by atoms with E-state index in [0.29, 0.717) is 5.88 Å². The number of aromatic nitrogens is 3. The Balaban J connectivity index is 2.28. The van der Waals surface area contributed by atoms with Crippen molar-refractivity contribution < 1.29 is 0 Å². The molecule has 3 aromatic heterocycles. The minimum absolute atomic E-state index is 0.502. The van der Waals surface area contributed by atoms with Gasteiger partial charge >= 0.3 is 0 Å². The van der Waals surface area contributed by atoms with E-state index in [4.69, 9.17) is 16.6 Å². The summed E-state index contributed by atoms with van der Waals surface area (Å²) in [7, 11) is 0. The highest BCUT2D eigenvalue weighted by atomic mass is 35.5. The predicted molar refractivity (Wildman–Crippen MR) is 106 cm³/mol. The molecule has 0 aliphatic rings. The minimum atomic E-state index is 0.502. The van der Waals surface area contributed by atoms with Crippen molar-refractivity contribution >= 4 is 17.2 Å². The molecule has 0 spiro atoms. The first-order valence-corrected chi connectivity index (χ1v) is 9.01. The lowest BCUT2D eigenvalue weighted by Gasteiger charge is -2.16. The van der Waals surface area contributed by atoms with Crippen LogP contribution in [-0.4, -0.2) is 20.0 Å². The van der Waals surface area contributed by atoms with Crippen LogP contribution >= 0.6 is 11.6 Å². The normalized spacial score (nSPS) is 12.0. The average molecular weight is 354 g/mol.